The van der Waals surface area contributed by atoms with E-state index in [1.54, 1.807) is 6.26 Å². The van der Waals surface area contributed by atoms with Crippen LogP contribution in [0.15, 0.2) is 0 Å². The Kier molecular flexibility index (Phi) is 3.87. The van der Waals surface area contributed by atoms with Gasteiger partial charge in [0.15, 0.2) is 0 Å². The second-order valence-corrected chi connectivity index (χ2v) is 4.71. The number of nitrogens with one attached hydrogen (secondary N) is 2. The average molecular weight is 217 g/mol. The van der Waals surface area contributed by atoms with Crippen LogP contribution in [0.4, 0.5) is 11.9 Å². The van der Waals surface area contributed by atoms with Crippen LogP contribution in [0.2, 0.25) is 0 Å². The van der Waals surface area contributed by atoms with E-state index < -0.39 is 10.8 Å². The van der Waals surface area contributed by atoms with Gasteiger partial charge in [-0.2, -0.15) is 4.98 Å². The van der Waals surface area contributed by atoms with Gasteiger partial charge in [0, 0.05) is 28.9 Å². The molecule has 4 N–H and O–H groups in total. The summed E-state index contributed by atoms with van der Waals surface area (Å²) in [6, 6.07) is 0.189. The lowest BCUT2D eigenvalue weighted by Crippen LogP contribution is -2.18. The molecular weight excluding hydrogens is 202 g/mol. The molecule has 80 valence electrons. The lowest BCUT2D eigenvalue weighted by molar-refractivity contribution is 0.678. The number of nitrogen functional groups attached to an aromatic ring is 1. The number of aromatic nitrogens is 3. The monoisotopic (exact) mass is 217 g/mol. The Morgan fingerprint density at radius 3 is 2.93 bits per heavy atom. The number of nitrogens with two attached hydrogens (primary N) is 1. The molecule has 1 heterocycles. The Bertz CT molecular complexity index is 313. The average Bonchev–Trinajstić information content (AvgIpc) is 2.48. The van der Waals surface area contributed by atoms with E-state index in [1.165, 1.54) is 0 Å². The summed E-state index contributed by atoms with van der Waals surface area (Å²) >= 11 is 0. The molecule has 0 aliphatic rings. The van der Waals surface area contributed by atoms with Crippen LogP contribution in [-0.4, -0.2) is 37.4 Å². The van der Waals surface area contributed by atoms with Gasteiger partial charge in [-0.1, -0.05) is 0 Å². The van der Waals surface area contributed by atoms with Crippen molar-refractivity contribution in [2.75, 3.05) is 23.1 Å². The number of hydrogen-bond donors (Lipinski definition) is 3. The number of nitrogens with zero attached hydrogens (tertiary/aromatic N) is 2. The fraction of sp³-hybridized carbons (Fsp3) is 0.714. The Balaban J connectivity index is 2.33. The Morgan fingerprint density at radius 2 is 2.43 bits per heavy atom. The van der Waals surface area contributed by atoms with Crippen LogP contribution < -0.4 is 11.1 Å². The second-order valence-electron chi connectivity index (χ2n) is 3.16. The highest BCUT2D eigenvalue weighted by molar-refractivity contribution is 7.84. The van der Waals surface area contributed by atoms with Crippen LogP contribution in [0.3, 0.4) is 0 Å². The third-order valence-electron chi connectivity index (χ3n) is 1.72. The molecule has 2 unspecified atom stereocenters. The van der Waals surface area contributed by atoms with E-state index in [9.17, 15) is 4.21 Å². The molecule has 14 heavy (non-hydrogen) atoms. The first-order valence-corrected chi connectivity index (χ1v) is 6.05. The molecule has 7 heteroatoms. The molecule has 0 amide bonds. The van der Waals surface area contributed by atoms with Crippen molar-refractivity contribution in [2.45, 2.75) is 19.4 Å². The molecule has 1 aromatic rings. The van der Waals surface area contributed by atoms with Crippen molar-refractivity contribution in [3.05, 3.63) is 0 Å². The summed E-state index contributed by atoms with van der Waals surface area (Å²) in [5.74, 6) is 1.45. The molecule has 1 rings (SSSR count). The molecule has 0 aromatic carbocycles. The summed E-state index contributed by atoms with van der Waals surface area (Å²) in [5, 5.41) is 9.42. The lowest BCUT2D eigenvalue weighted by Gasteiger charge is -2.10. The molecule has 1 aromatic heterocycles. The van der Waals surface area contributed by atoms with Gasteiger partial charge >= 0.3 is 0 Å². The van der Waals surface area contributed by atoms with Crippen molar-refractivity contribution in [2.24, 2.45) is 0 Å². The predicted molar refractivity (Wildman–Crippen MR) is 57.4 cm³/mol. The van der Waals surface area contributed by atoms with Gasteiger partial charge in [-0.05, 0) is 13.3 Å². The predicted octanol–water partition coefficient (Wildman–Crippen LogP) is -0.0441. The minimum absolute atomic E-state index is 0.189. The van der Waals surface area contributed by atoms with Crippen LogP contribution in [0.1, 0.15) is 13.3 Å². The molecule has 0 fully saturated rings. The van der Waals surface area contributed by atoms with E-state index in [0.717, 1.165) is 6.42 Å². The Labute approximate surface area is 85.1 Å². The van der Waals surface area contributed by atoms with Gasteiger partial charge in [0.25, 0.3) is 0 Å². The fourth-order valence-corrected chi connectivity index (χ4v) is 1.66. The van der Waals surface area contributed by atoms with Crippen LogP contribution in [0.25, 0.3) is 0 Å². The molecule has 0 spiro atoms. The number of rotatable bonds is 5. The van der Waals surface area contributed by atoms with Gasteiger partial charge in [-0.25, -0.2) is 5.10 Å². The maximum absolute atomic E-state index is 10.8. The zero-order valence-corrected chi connectivity index (χ0v) is 9.10. The van der Waals surface area contributed by atoms with Crippen molar-refractivity contribution in [3.8, 4) is 0 Å². The zero-order chi connectivity index (χ0) is 10.6. The van der Waals surface area contributed by atoms with Crippen LogP contribution in [-0.2, 0) is 10.8 Å². The van der Waals surface area contributed by atoms with Crippen LogP contribution in [0.5, 0.6) is 0 Å². The van der Waals surface area contributed by atoms with E-state index in [-0.39, 0.29) is 6.04 Å². The molecule has 0 aliphatic carbocycles. The SMILES string of the molecule is CC(CCS(C)=O)Nc1n[nH]c(N)n1. The van der Waals surface area contributed by atoms with E-state index >= 15 is 0 Å². The molecule has 6 nitrogen and oxygen atoms in total. The maximum Gasteiger partial charge on any atom is 0.243 e. The van der Waals surface area contributed by atoms with E-state index in [0.29, 0.717) is 17.6 Å². The van der Waals surface area contributed by atoms with Crippen molar-refractivity contribution in [1.29, 1.82) is 0 Å². The van der Waals surface area contributed by atoms with Gasteiger partial charge in [0.1, 0.15) is 0 Å². The lowest BCUT2D eigenvalue weighted by atomic mass is 10.3. The largest absolute Gasteiger partial charge is 0.368 e. The summed E-state index contributed by atoms with van der Waals surface area (Å²) in [4.78, 5) is 3.90. The minimum Gasteiger partial charge on any atom is -0.368 e. The zero-order valence-electron chi connectivity index (χ0n) is 8.28. The highest BCUT2D eigenvalue weighted by atomic mass is 32.2. The van der Waals surface area contributed by atoms with Crippen molar-refractivity contribution in [1.82, 2.24) is 15.2 Å². The molecule has 0 saturated heterocycles. The smallest absolute Gasteiger partial charge is 0.243 e. The molecular formula is C7H15N5OS. The van der Waals surface area contributed by atoms with Gasteiger partial charge in [0.2, 0.25) is 11.9 Å². The first kappa shape index (κ1) is 11.0. The third-order valence-corrected chi connectivity index (χ3v) is 2.53. The summed E-state index contributed by atoms with van der Waals surface area (Å²) in [5.41, 5.74) is 5.36. The summed E-state index contributed by atoms with van der Waals surface area (Å²) < 4.78 is 10.8. The quantitative estimate of drug-likeness (QED) is 0.643. The number of H-pyrrole nitrogens is 1. The highest BCUT2D eigenvalue weighted by Gasteiger charge is 2.06. The van der Waals surface area contributed by atoms with Gasteiger partial charge in [-0.3, -0.25) is 4.21 Å². The molecule has 2 atom stereocenters. The van der Waals surface area contributed by atoms with Gasteiger partial charge < -0.3 is 11.1 Å². The number of anilines is 2. The fourth-order valence-electron chi connectivity index (χ4n) is 0.974. The Hall–Kier alpha value is -1.11. The normalized spacial score (nSPS) is 15.0. The molecule has 0 radical (unpaired) electrons. The van der Waals surface area contributed by atoms with Crippen LogP contribution >= 0.6 is 0 Å². The highest BCUT2D eigenvalue weighted by Crippen LogP contribution is 2.03. The standard InChI is InChI=1S/C7H15N5OS/c1-5(3-4-14(2)13)9-7-10-6(8)11-12-7/h5H,3-4H2,1-2H3,(H4,8,9,10,11,12). The minimum atomic E-state index is -0.752. The summed E-state index contributed by atoms with van der Waals surface area (Å²) in [6.45, 7) is 1.99. The topological polar surface area (TPSA) is 96.7 Å². The number of hydrogen-bond acceptors (Lipinski definition) is 5. The van der Waals surface area contributed by atoms with Crippen molar-refractivity contribution in [3.63, 3.8) is 0 Å². The first-order valence-electron chi connectivity index (χ1n) is 4.32. The molecule has 0 saturated carbocycles. The first-order chi connectivity index (χ1) is 6.58. The van der Waals surface area contributed by atoms with E-state index in [4.69, 9.17) is 5.73 Å². The third kappa shape index (κ3) is 3.73. The summed E-state index contributed by atoms with van der Waals surface area (Å²) in [6.07, 6.45) is 2.51. The number of aromatic amines is 1. The van der Waals surface area contributed by atoms with Gasteiger partial charge in [0.05, 0.1) is 0 Å². The molecule has 0 bridgehead atoms. The van der Waals surface area contributed by atoms with Crippen molar-refractivity contribution < 1.29 is 4.21 Å². The second kappa shape index (κ2) is 4.94. The van der Waals surface area contributed by atoms with E-state index in [1.807, 2.05) is 6.92 Å². The van der Waals surface area contributed by atoms with Gasteiger partial charge in [-0.15, -0.1) is 5.10 Å². The van der Waals surface area contributed by atoms with E-state index in [2.05, 4.69) is 20.5 Å². The maximum atomic E-state index is 10.8. The van der Waals surface area contributed by atoms with Crippen molar-refractivity contribution >= 4 is 22.7 Å². The summed E-state index contributed by atoms with van der Waals surface area (Å²) in [7, 11) is -0.752. The molecule has 0 aliphatic heterocycles. The van der Waals surface area contributed by atoms with Crippen LogP contribution in [0, 0.1) is 0 Å². The Morgan fingerprint density at radius 1 is 1.71 bits per heavy atom.